The number of hydrogen-bond donors (Lipinski definition) is 1. The largest absolute Gasteiger partial charge is 0.381 e. The lowest BCUT2D eigenvalue weighted by atomic mass is 9.87. The number of nitrogens with one attached hydrogen (secondary N) is 1. The molecule has 0 aromatic carbocycles. The van der Waals surface area contributed by atoms with Crippen molar-refractivity contribution in [2.75, 3.05) is 50.6 Å². The molecule has 1 amide bonds. The van der Waals surface area contributed by atoms with E-state index in [1.807, 2.05) is 30.2 Å². The first-order chi connectivity index (χ1) is 11.7. The lowest BCUT2D eigenvalue weighted by Crippen LogP contribution is -2.60. The van der Waals surface area contributed by atoms with Gasteiger partial charge in [-0.1, -0.05) is 0 Å². The summed E-state index contributed by atoms with van der Waals surface area (Å²) in [5, 5.41) is 3.97. The smallest absolute Gasteiger partial charge is 0.254 e. The molecule has 1 aromatic rings. The summed E-state index contributed by atoms with van der Waals surface area (Å²) in [7, 11) is 0. The average molecular weight is 368 g/mol. The number of aromatic nitrogens is 1. The van der Waals surface area contributed by atoms with Crippen molar-refractivity contribution < 1.29 is 9.53 Å². The average Bonchev–Trinajstić information content (AvgIpc) is 2.67. The maximum atomic E-state index is 12.7. The third kappa shape index (κ3) is 4.07. The Kier molecular flexibility index (Phi) is 6.43. The van der Waals surface area contributed by atoms with Crippen molar-refractivity contribution in [1.29, 1.82) is 0 Å². The van der Waals surface area contributed by atoms with Crippen LogP contribution in [-0.2, 0) is 4.74 Å². The van der Waals surface area contributed by atoms with Crippen LogP contribution in [0.15, 0.2) is 23.4 Å². The highest BCUT2D eigenvalue weighted by atomic mass is 32.2. The molecular formula is C17H25N3O2S2. The van der Waals surface area contributed by atoms with Crippen molar-refractivity contribution in [3.63, 3.8) is 0 Å². The Labute approximate surface area is 152 Å². The molecule has 0 saturated carbocycles. The van der Waals surface area contributed by atoms with Crippen molar-refractivity contribution in [2.24, 2.45) is 0 Å². The predicted molar refractivity (Wildman–Crippen MR) is 100 cm³/mol. The van der Waals surface area contributed by atoms with E-state index in [9.17, 15) is 4.79 Å². The summed E-state index contributed by atoms with van der Waals surface area (Å²) in [6, 6.07) is 3.67. The minimum Gasteiger partial charge on any atom is -0.381 e. The van der Waals surface area contributed by atoms with Gasteiger partial charge in [0, 0.05) is 56.1 Å². The highest BCUT2D eigenvalue weighted by molar-refractivity contribution is 7.99. The van der Waals surface area contributed by atoms with Gasteiger partial charge in [0.25, 0.3) is 5.91 Å². The molecule has 0 unspecified atom stereocenters. The van der Waals surface area contributed by atoms with Crippen LogP contribution in [0.25, 0.3) is 0 Å². The zero-order valence-corrected chi connectivity index (χ0v) is 15.8. The fraction of sp³-hybridized carbons (Fsp3) is 0.647. The molecule has 3 heterocycles. The Hall–Kier alpha value is -0.760. The molecule has 2 aliphatic heterocycles. The van der Waals surface area contributed by atoms with Gasteiger partial charge in [-0.25, -0.2) is 4.98 Å². The van der Waals surface area contributed by atoms with Gasteiger partial charge in [0.1, 0.15) is 5.03 Å². The molecule has 1 N–H and O–H groups in total. The third-order valence-corrected chi connectivity index (χ3v) is 6.55. The first kappa shape index (κ1) is 18.0. The standard InChI is InChI=1S/C17H25N3O2S2/c1-23-16-14(3-2-6-18-16)15(21)19-13-17(4-9-22-10-5-17)20-7-11-24-12-8-20/h2-3,6H,4-5,7-13H2,1H3,(H,19,21). The van der Waals surface area contributed by atoms with Crippen LogP contribution in [-0.4, -0.2) is 71.9 Å². The second-order valence-electron chi connectivity index (χ2n) is 6.18. The van der Waals surface area contributed by atoms with Gasteiger partial charge in [0.05, 0.1) is 5.56 Å². The van der Waals surface area contributed by atoms with Crippen LogP contribution in [0.2, 0.25) is 0 Å². The van der Waals surface area contributed by atoms with Crippen molar-refractivity contribution in [1.82, 2.24) is 15.2 Å². The predicted octanol–water partition coefficient (Wildman–Crippen LogP) is 2.13. The summed E-state index contributed by atoms with van der Waals surface area (Å²) in [5.41, 5.74) is 0.706. The highest BCUT2D eigenvalue weighted by Gasteiger charge is 2.39. The molecule has 1 aromatic heterocycles. The van der Waals surface area contributed by atoms with Crippen LogP contribution < -0.4 is 5.32 Å². The SMILES string of the molecule is CSc1ncccc1C(=O)NCC1(N2CCSCC2)CCOCC1. The molecule has 2 saturated heterocycles. The minimum atomic E-state index is -0.0234. The van der Waals surface area contributed by atoms with E-state index in [2.05, 4.69) is 15.2 Å². The van der Waals surface area contributed by atoms with Crippen LogP contribution in [0, 0.1) is 0 Å². The van der Waals surface area contributed by atoms with E-state index in [1.54, 1.807) is 6.20 Å². The Bertz CT molecular complexity index is 559. The molecule has 0 aliphatic carbocycles. The van der Waals surface area contributed by atoms with E-state index in [0.717, 1.165) is 44.2 Å². The van der Waals surface area contributed by atoms with E-state index in [-0.39, 0.29) is 11.4 Å². The van der Waals surface area contributed by atoms with Crippen molar-refractivity contribution in [3.8, 4) is 0 Å². The molecule has 2 fully saturated rings. The Morgan fingerprint density at radius 3 is 2.88 bits per heavy atom. The van der Waals surface area contributed by atoms with Gasteiger partial charge in [0.2, 0.25) is 0 Å². The fourth-order valence-corrected chi connectivity index (χ4v) is 4.91. The van der Waals surface area contributed by atoms with E-state index in [4.69, 9.17) is 4.74 Å². The number of nitrogens with zero attached hydrogens (tertiary/aromatic N) is 2. The Morgan fingerprint density at radius 1 is 1.42 bits per heavy atom. The normalized spacial score (nSPS) is 21.4. The van der Waals surface area contributed by atoms with Gasteiger partial charge < -0.3 is 10.1 Å². The minimum absolute atomic E-state index is 0.0234. The summed E-state index contributed by atoms with van der Waals surface area (Å²) < 4.78 is 5.59. The molecule has 3 rings (SSSR count). The van der Waals surface area contributed by atoms with E-state index in [0.29, 0.717) is 12.1 Å². The molecule has 24 heavy (non-hydrogen) atoms. The Balaban J connectivity index is 1.70. The van der Waals surface area contributed by atoms with Crippen molar-refractivity contribution in [3.05, 3.63) is 23.9 Å². The summed E-state index contributed by atoms with van der Waals surface area (Å²) in [4.78, 5) is 19.5. The molecule has 132 valence electrons. The second kappa shape index (κ2) is 8.56. The molecule has 5 nitrogen and oxygen atoms in total. The number of ether oxygens (including phenoxy) is 1. The molecular weight excluding hydrogens is 342 g/mol. The molecule has 0 radical (unpaired) electrons. The number of carbonyl (C=O) groups excluding carboxylic acids is 1. The van der Waals surface area contributed by atoms with Gasteiger partial charge in [-0.2, -0.15) is 11.8 Å². The first-order valence-corrected chi connectivity index (χ1v) is 10.8. The van der Waals surface area contributed by atoms with Crippen LogP contribution in [0.1, 0.15) is 23.2 Å². The molecule has 0 atom stereocenters. The topological polar surface area (TPSA) is 54.5 Å². The number of pyridine rings is 1. The van der Waals surface area contributed by atoms with Crippen molar-refractivity contribution >= 4 is 29.4 Å². The number of amides is 1. The number of thioether (sulfide) groups is 2. The van der Waals surface area contributed by atoms with Crippen LogP contribution in [0.3, 0.4) is 0 Å². The monoisotopic (exact) mass is 367 g/mol. The molecule has 7 heteroatoms. The fourth-order valence-electron chi connectivity index (χ4n) is 3.46. The van der Waals surface area contributed by atoms with E-state index in [1.165, 1.54) is 23.3 Å². The van der Waals surface area contributed by atoms with E-state index < -0.39 is 0 Å². The lowest BCUT2D eigenvalue weighted by Gasteiger charge is -2.48. The van der Waals surface area contributed by atoms with Crippen LogP contribution in [0.5, 0.6) is 0 Å². The van der Waals surface area contributed by atoms with Gasteiger partial charge in [-0.05, 0) is 31.2 Å². The first-order valence-electron chi connectivity index (χ1n) is 8.43. The number of carbonyl (C=O) groups is 1. The van der Waals surface area contributed by atoms with Crippen molar-refractivity contribution in [2.45, 2.75) is 23.4 Å². The van der Waals surface area contributed by atoms with E-state index >= 15 is 0 Å². The maximum Gasteiger partial charge on any atom is 0.254 e. The zero-order chi connectivity index (χ0) is 16.8. The summed E-state index contributed by atoms with van der Waals surface area (Å²) in [5.74, 6) is 2.33. The number of hydrogen-bond acceptors (Lipinski definition) is 6. The lowest BCUT2D eigenvalue weighted by molar-refractivity contribution is -0.0237. The molecule has 2 aliphatic rings. The summed E-state index contributed by atoms with van der Waals surface area (Å²) in [6.07, 6.45) is 5.65. The second-order valence-corrected chi connectivity index (χ2v) is 8.20. The third-order valence-electron chi connectivity index (χ3n) is 4.89. The van der Waals surface area contributed by atoms with Gasteiger partial charge in [-0.3, -0.25) is 9.69 Å². The van der Waals surface area contributed by atoms with Crippen LogP contribution in [0.4, 0.5) is 0 Å². The quantitative estimate of drug-likeness (QED) is 0.805. The number of rotatable bonds is 5. The molecule has 0 bridgehead atoms. The highest BCUT2D eigenvalue weighted by Crippen LogP contribution is 2.30. The summed E-state index contributed by atoms with van der Waals surface area (Å²) >= 11 is 3.52. The summed E-state index contributed by atoms with van der Waals surface area (Å²) in [6.45, 7) is 4.44. The van der Waals surface area contributed by atoms with Gasteiger partial charge >= 0.3 is 0 Å². The zero-order valence-electron chi connectivity index (χ0n) is 14.1. The molecule has 0 spiro atoms. The Morgan fingerprint density at radius 2 is 2.17 bits per heavy atom. The van der Waals surface area contributed by atoms with Gasteiger partial charge in [-0.15, -0.1) is 11.8 Å². The maximum absolute atomic E-state index is 12.7. The van der Waals surface area contributed by atoms with Gasteiger partial charge in [0.15, 0.2) is 0 Å². The van der Waals surface area contributed by atoms with Crippen LogP contribution >= 0.6 is 23.5 Å².